The zero-order valence-electron chi connectivity index (χ0n) is 11.1. The molecule has 0 aliphatic carbocycles. The molecule has 1 N–H and O–H groups in total. The van der Waals surface area contributed by atoms with Crippen LogP contribution in [0.5, 0.6) is 10.9 Å². The van der Waals surface area contributed by atoms with E-state index in [-0.39, 0.29) is 0 Å². The van der Waals surface area contributed by atoms with Gasteiger partial charge in [-0.3, -0.25) is 0 Å². The predicted octanol–water partition coefficient (Wildman–Crippen LogP) is 2.98. The largest absolute Gasteiger partial charge is 0.429 e. The van der Waals surface area contributed by atoms with E-state index >= 15 is 0 Å². The first-order chi connectivity index (χ1) is 8.61. The highest BCUT2D eigenvalue weighted by atomic mass is 32.1. The number of aromatic nitrogens is 2. The van der Waals surface area contributed by atoms with Gasteiger partial charge in [-0.2, -0.15) is 0 Å². The lowest BCUT2D eigenvalue weighted by atomic mass is 10.1. The summed E-state index contributed by atoms with van der Waals surface area (Å²) in [4.78, 5) is 0. The molecular formula is C13H17N3OS. The van der Waals surface area contributed by atoms with Gasteiger partial charge in [0, 0.05) is 6.54 Å². The fourth-order valence-corrected chi connectivity index (χ4v) is 2.38. The van der Waals surface area contributed by atoms with Gasteiger partial charge in [0.2, 0.25) is 0 Å². The average molecular weight is 263 g/mol. The van der Waals surface area contributed by atoms with Crippen LogP contribution < -0.4 is 10.1 Å². The third-order valence-electron chi connectivity index (χ3n) is 2.84. The van der Waals surface area contributed by atoms with Crippen molar-refractivity contribution in [1.82, 2.24) is 15.5 Å². The third-order valence-corrected chi connectivity index (χ3v) is 3.64. The van der Waals surface area contributed by atoms with Crippen LogP contribution in [0.25, 0.3) is 0 Å². The van der Waals surface area contributed by atoms with Gasteiger partial charge in [-0.1, -0.05) is 28.6 Å². The van der Waals surface area contributed by atoms with Gasteiger partial charge in [-0.25, -0.2) is 0 Å². The van der Waals surface area contributed by atoms with Crippen LogP contribution in [0.15, 0.2) is 12.1 Å². The SMILES string of the molecule is CNCc1nnc(Oc2c(C)ccc(C)c2C)s1. The Hall–Kier alpha value is -1.46. The van der Waals surface area contributed by atoms with Gasteiger partial charge in [-0.05, 0) is 44.5 Å². The molecule has 0 bridgehead atoms. The number of ether oxygens (including phenoxy) is 1. The molecule has 0 amide bonds. The minimum absolute atomic E-state index is 0.594. The van der Waals surface area contributed by atoms with Crippen molar-refractivity contribution in [1.29, 1.82) is 0 Å². The standard InChI is InChI=1S/C13H17N3OS/c1-8-5-6-9(2)12(10(8)3)17-13-16-15-11(18-13)7-14-4/h5-6,14H,7H2,1-4H3. The Morgan fingerprint density at radius 2 is 1.89 bits per heavy atom. The fraction of sp³-hybridized carbons (Fsp3) is 0.385. The van der Waals surface area contributed by atoms with Crippen LogP contribution in [0.2, 0.25) is 0 Å². The predicted molar refractivity (Wildman–Crippen MR) is 73.4 cm³/mol. The summed E-state index contributed by atoms with van der Waals surface area (Å²) in [5.74, 6) is 0.891. The van der Waals surface area contributed by atoms with Crippen molar-refractivity contribution in [2.24, 2.45) is 0 Å². The normalized spacial score (nSPS) is 10.7. The molecule has 0 radical (unpaired) electrons. The second kappa shape index (κ2) is 5.46. The van der Waals surface area contributed by atoms with Crippen LogP contribution in [0.3, 0.4) is 0 Å². The highest BCUT2D eigenvalue weighted by Crippen LogP contribution is 2.31. The summed E-state index contributed by atoms with van der Waals surface area (Å²) >= 11 is 1.47. The van der Waals surface area contributed by atoms with Gasteiger partial charge in [0.25, 0.3) is 5.19 Å². The summed E-state index contributed by atoms with van der Waals surface area (Å²) in [7, 11) is 1.89. The maximum atomic E-state index is 5.86. The molecule has 0 unspecified atom stereocenters. The Bertz CT molecular complexity index is 551. The molecule has 0 fully saturated rings. The van der Waals surface area contributed by atoms with E-state index in [9.17, 15) is 0 Å². The molecule has 96 valence electrons. The van der Waals surface area contributed by atoms with E-state index in [0.29, 0.717) is 11.7 Å². The highest BCUT2D eigenvalue weighted by Gasteiger charge is 2.11. The maximum absolute atomic E-state index is 5.86. The quantitative estimate of drug-likeness (QED) is 0.921. The topological polar surface area (TPSA) is 47.0 Å². The second-order valence-corrected chi connectivity index (χ2v) is 5.27. The lowest BCUT2D eigenvalue weighted by Crippen LogP contribution is -2.04. The Balaban J connectivity index is 2.25. The van der Waals surface area contributed by atoms with E-state index in [1.54, 1.807) is 0 Å². The molecule has 5 heteroatoms. The first-order valence-electron chi connectivity index (χ1n) is 5.83. The molecule has 2 rings (SSSR count). The number of nitrogens with one attached hydrogen (secondary N) is 1. The monoisotopic (exact) mass is 263 g/mol. The van der Waals surface area contributed by atoms with Crippen molar-refractivity contribution in [3.8, 4) is 10.9 Å². The molecule has 1 aromatic heterocycles. The number of nitrogens with zero attached hydrogens (tertiary/aromatic N) is 2. The van der Waals surface area contributed by atoms with E-state index < -0.39 is 0 Å². The van der Waals surface area contributed by atoms with Crippen LogP contribution in [0.1, 0.15) is 21.7 Å². The Morgan fingerprint density at radius 3 is 2.61 bits per heavy atom. The first kappa shape index (κ1) is 13.0. The number of hydrogen-bond acceptors (Lipinski definition) is 5. The zero-order chi connectivity index (χ0) is 13.1. The van der Waals surface area contributed by atoms with Crippen molar-refractivity contribution in [3.05, 3.63) is 33.8 Å². The molecule has 4 nitrogen and oxygen atoms in total. The van der Waals surface area contributed by atoms with Crippen LogP contribution in [-0.2, 0) is 6.54 Å². The molecular weight excluding hydrogens is 246 g/mol. The van der Waals surface area contributed by atoms with Gasteiger partial charge in [0.1, 0.15) is 10.8 Å². The van der Waals surface area contributed by atoms with Gasteiger partial charge in [0.05, 0.1) is 0 Å². The van der Waals surface area contributed by atoms with Crippen molar-refractivity contribution >= 4 is 11.3 Å². The minimum Gasteiger partial charge on any atom is -0.429 e. The molecule has 18 heavy (non-hydrogen) atoms. The van der Waals surface area contributed by atoms with Crippen LogP contribution in [0.4, 0.5) is 0 Å². The molecule has 1 aromatic carbocycles. The lowest BCUT2D eigenvalue weighted by molar-refractivity contribution is 0.465. The average Bonchev–Trinajstić information content (AvgIpc) is 2.78. The first-order valence-corrected chi connectivity index (χ1v) is 6.65. The molecule has 0 spiro atoms. The third kappa shape index (κ3) is 2.68. The van der Waals surface area contributed by atoms with Gasteiger partial charge >= 0.3 is 0 Å². The maximum Gasteiger partial charge on any atom is 0.299 e. The molecule has 0 aliphatic heterocycles. The minimum atomic E-state index is 0.594. The Kier molecular flexibility index (Phi) is 3.93. The van der Waals surface area contributed by atoms with Gasteiger partial charge < -0.3 is 10.1 Å². The Morgan fingerprint density at radius 1 is 1.17 bits per heavy atom. The molecule has 0 atom stereocenters. The summed E-state index contributed by atoms with van der Waals surface area (Å²) in [6.07, 6.45) is 0. The van der Waals surface area contributed by atoms with Gasteiger partial charge in [-0.15, -0.1) is 5.10 Å². The highest BCUT2D eigenvalue weighted by molar-refractivity contribution is 7.13. The van der Waals surface area contributed by atoms with E-state index in [1.807, 2.05) is 14.0 Å². The van der Waals surface area contributed by atoms with Crippen LogP contribution in [-0.4, -0.2) is 17.2 Å². The Labute approximate surface area is 111 Å². The van der Waals surface area contributed by atoms with E-state index in [4.69, 9.17) is 4.74 Å². The van der Waals surface area contributed by atoms with E-state index in [1.165, 1.54) is 16.9 Å². The van der Waals surface area contributed by atoms with Crippen molar-refractivity contribution in [2.75, 3.05) is 7.05 Å². The molecule has 2 aromatic rings. The smallest absolute Gasteiger partial charge is 0.299 e. The summed E-state index contributed by atoms with van der Waals surface area (Å²) in [6, 6.07) is 4.16. The molecule has 0 aliphatic rings. The number of aryl methyl sites for hydroxylation is 2. The molecule has 0 saturated carbocycles. The van der Waals surface area contributed by atoms with E-state index in [0.717, 1.165) is 21.9 Å². The van der Waals surface area contributed by atoms with E-state index in [2.05, 4.69) is 41.5 Å². The lowest BCUT2D eigenvalue weighted by Gasteiger charge is -2.10. The summed E-state index contributed by atoms with van der Waals surface area (Å²) in [6.45, 7) is 6.89. The summed E-state index contributed by atoms with van der Waals surface area (Å²) in [5.41, 5.74) is 3.49. The summed E-state index contributed by atoms with van der Waals surface area (Å²) < 4.78 is 5.86. The van der Waals surface area contributed by atoms with Crippen molar-refractivity contribution < 1.29 is 4.74 Å². The van der Waals surface area contributed by atoms with Crippen molar-refractivity contribution in [2.45, 2.75) is 27.3 Å². The molecule has 0 saturated heterocycles. The fourth-order valence-electron chi connectivity index (χ4n) is 1.67. The molecule has 1 heterocycles. The number of hydrogen-bond donors (Lipinski definition) is 1. The van der Waals surface area contributed by atoms with Gasteiger partial charge in [0.15, 0.2) is 0 Å². The number of benzene rings is 1. The van der Waals surface area contributed by atoms with Crippen molar-refractivity contribution in [3.63, 3.8) is 0 Å². The summed E-state index contributed by atoms with van der Waals surface area (Å²) in [5, 5.41) is 12.7. The number of rotatable bonds is 4. The van der Waals surface area contributed by atoms with Crippen LogP contribution >= 0.6 is 11.3 Å². The second-order valence-electron chi connectivity index (χ2n) is 4.25. The zero-order valence-corrected chi connectivity index (χ0v) is 11.9. The van der Waals surface area contributed by atoms with Crippen LogP contribution in [0, 0.1) is 20.8 Å².